The number of nitrogens with zero attached hydrogens (tertiary/aromatic N) is 2. The van der Waals surface area contributed by atoms with Gasteiger partial charge in [0.25, 0.3) is 0 Å². The van der Waals surface area contributed by atoms with Crippen LogP contribution in [0.2, 0.25) is 0 Å². The van der Waals surface area contributed by atoms with Crippen LogP contribution in [0, 0.1) is 13.8 Å². The second-order valence-electron chi connectivity index (χ2n) is 7.82. The summed E-state index contributed by atoms with van der Waals surface area (Å²) in [6.45, 7) is 3.95. The van der Waals surface area contributed by atoms with E-state index in [1.165, 1.54) is 6.08 Å². The molecule has 9 nitrogen and oxygen atoms in total. The Balaban J connectivity index is 1.34. The molecule has 0 fully saturated rings. The molecule has 2 aromatic heterocycles. The predicted molar refractivity (Wildman–Crippen MR) is 131 cm³/mol. The Kier molecular flexibility index (Phi) is 7.69. The monoisotopic (exact) mass is 490 g/mol. The summed E-state index contributed by atoms with van der Waals surface area (Å²) in [6, 6.07) is 14.5. The lowest BCUT2D eigenvalue weighted by Crippen LogP contribution is -2.00. The second kappa shape index (κ2) is 11.3. The van der Waals surface area contributed by atoms with Gasteiger partial charge in [-0.05, 0) is 49.8 Å². The molecule has 0 aliphatic heterocycles. The number of aryl methyl sites for hydroxylation is 2. The quantitative estimate of drug-likeness (QED) is 0.216. The Morgan fingerprint density at radius 1 is 0.917 bits per heavy atom. The zero-order chi connectivity index (χ0) is 25.5. The predicted octanol–water partition coefficient (Wildman–Crippen LogP) is 5.30. The molecule has 2 aromatic carbocycles. The fourth-order valence-corrected chi connectivity index (χ4v) is 3.48. The molecule has 0 amide bonds. The number of hydrogen-bond donors (Lipinski definition) is 0. The highest BCUT2D eigenvalue weighted by Gasteiger charge is 2.13. The molecule has 2 heterocycles. The number of rotatable bonds is 10. The summed E-state index contributed by atoms with van der Waals surface area (Å²) in [5.41, 5.74) is 3.80. The minimum Gasteiger partial charge on any atom is -0.496 e. The largest absolute Gasteiger partial charge is 0.496 e. The summed E-state index contributed by atoms with van der Waals surface area (Å²) >= 11 is 0. The lowest BCUT2D eigenvalue weighted by Gasteiger charge is -2.11. The molecule has 0 saturated carbocycles. The van der Waals surface area contributed by atoms with Crippen LogP contribution in [-0.4, -0.2) is 30.5 Å². The van der Waals surface area contributed by atoms with Gasteiger partial charge in [0.05, 0.1) is 25.5 Å². The third-order valence-corrected chi connectivity index (χ3v) is 5.45. The highest BCUT2D eigenvalue weighted by Crippen LogP contribution is 2.31. The third kappa shape index (κ3) is 5.75. The number of carbonyl (C=O) groups is 1. The molecule has 36 heavy (non-hydrogen) atoms. The van der Waals surface area contributed by atoms with E-state index in [4.69, 9.17) is 28.0 Å². The van der Waals surface area contributed by atoms with Gasteiger partial charge in [-0.25, -0.2) is 4.79 Å². The van der Waals surface area contributed by atoms with E-state index >= 15 is 0 Å². The number of ether oxygens (including phenoxy) is 4. The fourth-order valence-electron chi connectivity index (χ4n) is 3.48. The number of aromatic nitrogens is 2. The molecule has 0 radical (unpaired) electrons. The topological polar surface area (TPSA) is 106 Å². The van der Waals surface area contributed by atoms with Crippen molar-refractivity contribution in [2.24, 2.45) is 0 Å². The van der Waals surface area contributed by atoms with Crippen LogP contribution in [0.25, 0.3) is 17.3 Å². The minimum atomic E-state index is -0.525. The van der Waals surface area contributed by atoms with Crippen LogP contribution >= 0.6 is 0 Å². The van der Waals surface area contributed by atoms with Crippen LogP contribution in [0.1, 0.15) is 28.3 Å². The average Bonchev–Trinajstić information content (AvgIpc) is 3.51. The number of hydrogen-bond acceptors (Lipinski definition) is 9. The molecular formula is C27H26N2O7. The number of methoxy groups -OCH3 is 2. The highest BCUT2D eigenvalue weighted by molar-refractivity contribution is 5.87. The van der Waals surface area contributed by atoms with Crippen molar-refractivity contribution in [3.8, 4) is 28.5 Å². The Hall–Kier alpha value is -4.53. The van der Waals surface area contributed by atoms with Crippen molar-refractivity contribution < 1.29 is 32.8 Å². The number of para-hydroxylation sites is 1. The summed E-state index contributed by atoms with van der Waals surface area (Å²) in [5.74, 6) is 2.37. The zero-order valence-electron chi connectivity index (χ0n) is 20.4. The van der Waals surface area contributed by atoms with Gasteiger partial charge in [0, 0.05) is 17.7 Å². The maximum Gasteiger partial charge on any atom is 0.331 e. The Morgan fingerprint density at radius 3 is 2.47 bits per heavy atom. The van der Waals surface area contributed by atoms with Crippen LogP contribution < -0.4 is 14.2 Å². The van der Waals surface area contributed by atoms with E-state index in [0.29, 0.717) is 41.1 Å². The van der Waals surface area contributed by atoms with Crippen molar-refractivity contribution in [2.75, 3.05) is 14.2 Å². The summed E-state index contributed by atoms with van der Waals surface area (Å²) in [5, 5.41) is 7.96. The molecule has 0 aliphatic carbocycles. The van der Waals surface area contributed by atoms with Crippen molar-refractivity contribution in [2.45, 2.75) is 27.1 Å². The number of carbonyl (C=O) groups excluding carboxylic acids is 1. The third-order valence-electron chi connectivity index (χ3n) is 5.45. The lowest BCUT2D eigenvalue weighted by molar-refractivity contribution is -0.139. The SMILES string of the molecule is COc1cc(C=CC(=O)OCc2cc(-c3ccccc3OC)no2)ccc1OCc1c(C)noc1C. The molecule has 9 heteroatoms. The molecule has 4 aromatic rings. The van der Waals surface area contributed by atoms with Crippen LogP contribution in [0.5, 0.6) is 17.2 Å². The first-order chi connectivity index (χ1) is 17.5. The smallest absolute Gasteiger partial charge is 0.331 e. The van der Waals surface area contributed by atoms with E-state index in [1.807, 2.05) is 44.2 Å². The molecule has 0 N–H and O–H groups in total. The van der Waals surface area contributed by atoms with Gasteiger partial charge in [0.2, 0.25) is 0 Å². The standard InChI is InChI=1S/C27H26N2O7/c1-17-22(18(2)35-28-17)16-33-25-11-9-19(13-26(25)32-4)10-12-27(30)34-15-20-14-23(29-36-20)21-7-5-6-8-24(21)31-3/h5-14H,15-16H2,1-4H3. The zero-order valence-corrected chi connectivity index (χ0v) is 20.4. The number of benzene rings is 2. The van der Waals surface area contributed by atoms with E-state index in [9.17, 15) is 4.79 Å². The van der Waals surface area contributed by atoms with E-state index < -0.39 is 5.97 Å². The molecule has 0 aliphatic rings. The molecule has 0 unspecified atom stereocenters. The van der Waals surface area contributed by atoms with Gasteiger partial charge in [-0.15, -0.1) is 0 Å². The van der Waals surface area contributed by atoms with Crippen molar-refractivity contribution in [3.05, 3.63) is 82.9 Å². The first-order valence-electron chi connectivity index (χ1n) is 11.1. The van der Waals surface area contributed by atoms with E-state index in [-0.39, 0.29) is 6.61 Å². The fraction of sp³-hybridized carbons (Fsp3) is 0.222. The van der Waals surface area contributed by atoms with E-state index in [0.717, 1.165) is 22.4 Å². The molecular weight excluding hydrogens is 464 g/mol. The molecule has 186 valence electrons. The first kappa shape index (κ1) is 24.6. The maximum absolute atomic E-state index is 12.2. The van der Waals surface area contributed by atoms with Crippen LogP contribution in [-0.2, 0) is 22.7 Å². The van der Waals surface area contributed by atoms with Crippen molar-refractivity contribution in [1.29, 1.82) is 0 Å². The summed E-state index contributed by atoms with van der Waals surface area (Å²) in [4.78, 5) is 12.2. The maximum atomic E-state index is 12.2. The first-order valence-corrected chi connectivity index (χ1v) is 11.1. The summed E-state index contributed by atoms with van der Waals surface area (Å²) in [6.07, 6.45) is 2.96. The van der Waals surface area contributed by atoms with Crippen LogP contribution in [0.4, 0.5) is 0 Å². The normalized spacial score (nSPS) is 11.0. The van der Waals surface area contributed by atoms with E-state index in [1.54, 1.807) is 38.5 Å². The van der Waals surface area contributed by atoms with Crippen LogP contribution in [0.3, 0.4) is 0 Å². The Bertz CT molecular complexity index is 1350. The van der Waals surface area contributed by atoms with Gasteiger partial charge in [0.15, 0.2) is 23.9 Å². The van der Waals surface area contributed by atoms with Crippen molar-refractivity contribution in [3.63, 3.8) is 0 Å². The minimum absolute atomic E-state index is 0.0525. The molecule has 0 bridgehead atoms. The molecule has 0 saturated heterocycles. The van der Waals surface area contributed by atoms with Gasteiger partial charge in [-0.1, -0.05) is 28.5 Å². The molecule has 4 rings (SSSR count). The summed E-state index contributed by atoms with van der Waals surface area (Å²) in [7, 11) is 3.14. The Labute approximate surface area is 208 Å². The van der Waals surface area contributed by atoms with Crippen LogP contribution in [0.15, 0.2) is 63.7 Å². The Morgan fingerprint density at radius 2 is 1.72 bits per heavy atom. The van der Waals surface area contributed by atoms with Gasteiger partial charge >= 0.3 is 5.97 Å². The highest BCUT2D eigenvalue weighted by atomic mass is 16.5. The van der Waals surface area contributed by atoms with Crippen molar-refractivity contribution >= 4 is 12.0 Å². The second-order valence-corrected chi connectivity index (χ2v) is 7.82. The van der Waals surface area contributed by atoms with Gasteiger partial charge in [-0.2, -0.15) is 0 Å². The van der Waals surface area contributed by atoms with Gasteiger partial charge in [0.1, 0.15) is 23.8 Å². The number of esters is 1. The van der Waals surface area contributed by atoms with Crippen molar-refractivity contribution in [1.82, 2.24) is 10.3 Å². The van der Waals surface area contributed by atoms with Gasteiger partial charge < -0.3 is 28.0 Å². The molecule has 0 spiro atoms. The average molecular weight is 491 g/mol. The van der Waals surface area contributed by atoms with Gasteiger partial charge in [-0.3, -0.25) is 0 Å². The lowest BCUT2D eigenvalue weighted by atomic mass is 10.1. The van der Waals surface area contributed by atoms with E-state index in [2.05, 4.69) is 10.3 Å². The molecule has 0 atom stereocenters. The summed E-state index contributed by atoms with van der Waals surface area (Å²) < 4.78 is 32.4.